The molecule has 0 aliphatic heterocycles. The van der Waals surface area contributed by atoms with Gasteiger partial charge in [0.05, 0.1) is 6.42 Å². The van der Waals surface area contributed by atoms with Crippen LogP contribution in [0.5, 0.6) is 11.5 Å². The molecule has 3 aromatic rings. The molecule has 0 saturated heterocycles. The van der Waals surface area contributed by atoms with E-state index in [1.807, 2.05) is 0 Å². The molecule has 14 heteroatoms. The van der Waals surface area contributed by atoms with Crippen molar-refractivity contribution in [3.05, 3.63) is 70.1 Å². The lowest BCUT2D eigenvalue weighted by Gasteiger charge is -2.19. The predicted octanol–water partition coefficient (Wildman–Crippen LogP) is 0.882. The fourth-order valence-corrected chi connectivity index (χ4v) is 4.14. The number of phosphoric acid groups is 1. The normalized spacial score (nSPS) is 12.0. The summed E-state index contributed by atoms with van der Waals surface area (Å²) in [6.07, 6.45) is 0.234. The van der Waals surface area contributed by atoms with Crippen molar-refractivity contribution in [2.75, 3.05) is 13.1 Å². The van der Waals surface area contributed by atoms with Crippen LogP contribution in [0.3, 0.4) is 0 Å². The quantitative estimate of drug-likeness (QED) is 0.105. The van der Waals surface area contributed by atoms with Crippen LogP contribution in [0.4, 0.5) is 0 Å². The van der Waals surface area contributed by atoms with Crippen LogP contribution in [0.15, 0.2) is 57.7 Å². The van der Waals surface area contributed by atoms with E-state index in [0.717, 1.165) is 6.07 Å². The van der Waals surface area contributed by atoms with Gasteiger partial charge in [-0.15, -0.1) is 0 Å². The molecule has 39 heavy (non-hydrogen) atoms. The summed E-state index contributed by atoms with van der Waals surface area (Å²) in [4.78, 5) is 66.8. The van der Waals surface area contributed by atoms with Crippen LogP contribution in [0.2, 0.25) is 0 Å². The molecule has 1 atom stereocenters. The van der Waals surface area contributed by atoms with E-state index in [9.17, 15) is 28.8 Å². The molecule has 0 fully saturated rings. The second-order valence-corrected chi connectivity index (χ2v) is 9.79. The summed E-state index contributed by atoms with van der Waals surface area (Å²) in [5.74, 6) is -1.44. The standard InChI is InChI=1S/C25H28N3O10P/c1-15(29)26-9-2-10-27-25(33)21(11-16-3-6-19(7-4-16)38-39(34,35)36)28-23(31)12-17-13-24(32)37-22-14-18(30)5-8-20(17)22/h3-8,13-14,21,30H,2,9-12H2,1H3,(H,26,29)(H,27,33)(H,28,31)(H2,34,35,36). The Hall–Kier alpha value is -4.19. The van der Waals surface area contributed by atoms with E-state index < -0.39 is 31.3 Å². The molecule has 208 valence electrons. The lowest BCUT2D eigenvalue weighted by Crippen LogP contribution is -2.48. The van der Waals surface area contributed by atoms with E-state index in [4.69, 9.17) is 14.2 Å². The molecule has 1 heterocycles. The summed E-state index contributed by atoms with van der Waals surface area (Å²) >= 11 is 0. The first-order valence-corrected chi connectivity index (χ1v) is 13.3. The number of nitrogens with one attached hydrogen (secondary N) is 3. The maximum atomic E-state index is 13.0. The molecular weight excluding hydrogens is 533 g/mol. The number of rotatable bonds is 12. The zero-order chi connectivity index (χ0) is 28.6. The van der Waals surface area contributed by atoms with Gasteiger partial charge in [0.2, 0.25) is 17.7 Å². The van der Waals surface area contributed by atoms with Crippen LogP contribution >= 0.6 is 7.82 Å². The van der Waals surface area contributed by atoms with Crippen LogP contribution < -0.4 is 26.1 Å². The molecule has 0 bridgehead atoms. The van der Waals surface area contributed by atoms with Crippen molar-refractivity contribution in [1.82, 2.24) is 16.0 Å². The van der Waals surface area contributed by atoms with Gasteiger partial charge in [0, 0.05) is 44.0 Å². The van der Waals surface area contributed by atoms with E-state index in [1.54, 1.807) is 0 Å². The SMILES string of the molecule is CC(=O)NCCCNC(=O)C(Cc1ccc(OP(=O)(O)O)cc1)NC(=O)Cc1cc(=O)oc2cc(O)ccc12. The Morgan fingerprint density at radius 1 is 1.03 bits per heavy atom. The van der Waals surface area contributed by atoms with Gasteiger partial charge in [-0.25, -0.2) is 9.36 Å². The third kappa shape index (κ3) is 9.56. The van der Waals surface area contributed by atoms with Gasteiger partial charge in [0.1, 0.15) is 23.1 Å². The van der Waals surface area contributed by atoms with Crippen molar-refractivity contribution in [2.45, 2.75) is 32.2 Å². The molecule has 2 aromatic carbocycles. The van der Waals surface area contributed by atoms with E-state index in [0.29, 0.717) is 29.5 Å². The van der Waals surface area contributed by atoms with E-state index in [2.05, 4.69) is 20.5 Å². The number of phenols is 1. The summed E-state index contributed by atoms with van der Waals surface area (Å²) in [5.41, 5.74) is 0.304. The Morgan fingerprint density at radius 3 is 2.38 bits per heavy atom. The third-order valence-corrected chi connectivity index (χ3v) is 5.88. The van der Waals surface area contributed by atoms with Gasteiger partial charge in [-0.05, 0) is 41.8 Å². The minimum absolute atomic E-state index is 0.0327. The first-order chi connectivity index (χ1) is 18.4. The average Bonchev–Trinajstić information content (AvgIpc) is 2.83. The average molecular weight is 561 g/mol. The highest BCUT2D eigenvalue weighted by atomic mass is 31.2. The first kappa shape index (κ1) is 29.4. The Morgan fingerprint density at radius 2 is 1.72 bits per heavy atom. The monoisotopic (exact) mass is 561 g/mol. The topological polar surface area (TPSA) is 204 Å². The zero-order valence-electron chi connectivity index (χ0n) is 20.9. The van der Waals surface area contributed by atoms with Crippen LogP contribution in [-0.4, -0.2) is 51.7 Å². The van der Waals surface area contributed by atoms with E-state index >= 15 is 0 Å². The number of phosphoric ester groups is 1. The number of carbonyl (C=O) groups is 3. The molecule has 0 spiro atoms. The van der Waals surface area contributed by atoms with E-state index in [1.165, 1.54) is 49.4 Å². The Kier molecular flexibility index (Phi) is 9.83. The lowest BCUT2D eigenvalue weighted by molar-refractivity contribution is -0.128. The number of hydrogen-bond donors (Lipinski definition) is 6. The van der Waals surface area contributed by atoms with Crippen LogP contribution in [0, 0.1) is 0 Å². The molecule has 0 aliphatic carbocycles. The molecule has 0 saturated carbocycles. The van der Waals surface area contributed by atoms with Crippen molar-refractivity contribution >= 4 is 36.5 Å². The number of aromatic hydroxyl groups is 1. The highest BCUT2D eigenvalue weighted by molar-refractivity contribution is 7.46. The van der Waals surface area contributed by atoms with Crippen LogP contribution in [-0.2, 0) is 31.8 Å². The number of carbonyl (C=O) groups excluding carboxylic acids is 3. The molecule has 0 radical (unpaired) electrons. The Balaban J connectivity index is 1.74. The van der Waals surface area contributed by atoms with Crippen molar-refractivity contribution in [3.63, 3.8) is 0 Å². The summed E-state index contributed by atoms with van der Waals surface area (Å²) in [5, 5.41) is 18.1. The third-order valence-electron chi connectivity index (χ3n) is 5.43. The van der Waals surface area contributed by atoms with Crippen molar-refractivity contribution in [2.24, 2.45) is 0 Å². The van der Waals surface area contributed by atoms with Gasteiger partial charge in [-0.1, -0.05) is 12.1 Å². The lowest BCUT2D eigenvalue weighted by atomic mass is 10.0. The number of phenolic OH excluding ortho intramolecular Hbond substituents is 1. The molecule has 3 rings (SSSR count). The number of benzene rings is 2. The minimum atomic E-state index is -4.74. The zero-order valence-corrected chi connectivity index (χ0v) is 21.8. The van der Waals surface area contributed by atoms with Crippen LogP contribution in [0.25, 0.3) is 11.0 Å². The highest BCUT2D eigenvalue weighted by Gasteiger charge is 2.23. The second-order valence-electron chi connectivity index (χ2n) is 8.63. The molecule has 3 amide bonds. The highest BCUT2D eigenvalue weighted by Crippen LogP contribution is 2.37. The van der Waals surface area contributed by atoms with Gasteiger partial charge in [0.15, 0.2) is 0 Å². The van der Waals surface area contributed by atoms with E-state index in [-0.39, 0.29) is 42.4 Å². The smallest absolute Gasteiger partial charge is 0.508 e. The number of amides is 3. The summed E-state index contributed by atoms with van der Waals surface area (Å²) in [6.45, 7) is 1.96. The Labute approximate surface area is 222 Å². The van der Waals surface area contributed by atoms with Crippen LogP contribution in [0.1, 0.15) is 24.5 Å². The summed E-state index contributed by atoms with van der Waals surface area (Å²) < 4.78 is 20.6. The summed E-state index contributed by atoms with van der Waals surface area (Å²) in [7, 11) is -4.74. The molecule has 0 aliphatic rings. The molecular formula is C25H28N3O10P. The fourth-order valence-electron chi connectivity index (χ4n) is 3.74. The molecule has 13 nitrogen and oxygen atoms in total. The first-order valence-electron chi connectivity index (χ1n) is 11.8. The largest absolute Gasteiger partial charge is 0.524 e. The predicted molar refractivity (Wildman–Crippen MR) is 139 cm³/mol. The van der Waals surface area contributed by atoms with Gasteiger partial charge in [-0.3, -0.25) is 24.2 Å². The van der Waals surface area contributed by atoms with Gasteiger partial charge >= 0.3 is 13.4 Å². The maximum Gasteiger partial charge on any atom is 0.524 e. The van der Waals surface area contributed by atoms with Crippen molar-refractivity contribution < 1.29 is 42.8 Å². The Bertz CT molecular complexity index is 1450. The van der Waals surface area contributed by atoms with Crippen molar-refractivity contribution in [3.8, 4) is 11.5 Å². The van der Waals surface area contributed by atoms with Gasteiger partial charge < -0.3 is 30.0 Å². The minimum Gasteiger partial charge on any atom is -0.508 e. The molecule has 1 unspecified atom stereocenters. The number of hydrogen-bond acceptors (Lipinski definition) is 8. The second kappa shape index (κ2) is 13.1. The van der Waals surface area contributed by atoms with Gasteiger partial charge in [-0.2, -0.15) is 0 Å². The number of fused-ring (bicyclic) bond motifs is 1. The molecule has 1 aromatic heterocycles. The summed E-state index contributed by atoms with van der Waals surface area (Å²) in [6, 6.07) is 9.92. The molecule has 6 N–H and O–H groups in total. The fraction of sp³-hybridized carbons (Fsp3) is 0.280. The van der Waals surface area contributed by atoms with Crippen molar-refractivity contribution in [1.29, 1.82) is 0 Å². The van der Waals surface area contributed by atoms with Gasteiger partial charge in [0.25, 0.3) is 0 Å². The maximum absolute atomic E-state index is 13.0.